The van der Waals surface area contributed by atoms with Crippen LogP contribution in [0, 0.1) is 18.8 Å². The molecule has 6 rings (SSSR count). The molecule has 0 unspecified atom stereocenters. The maximum absolute atomic E-state index is 14.1. The molecule has 0 aliphatic carbocycles. The highest BCUT2D eigenvalue weighted by Gasteiger charge is 2.63. The number of aryl methyl sites for hydroxylation is 1. The Balaban J connectivity index is 1.43. The average molecular weight is 597 g/mol. The number of anilines is 1. The summed E-state index contributed by atoms with van der Waals surface area (Å²) in [5, 5.41) is 0. The largest absolute Gasteiger partial charge is 0.496 e. The number of allylic oxidation sites excluding steroid dienone is 2. The molecule has 0 radical (unpaired) electrons. The fourth-order valence-electron chi connectivity index (χ4n) is 5.89. The van der Waals surface area contributed by atoms with Gasteiger partial charge in [0.2, 0.25) is 11.8 Å². The van der Waals surface area contributed by atoms with Gasteiger partial charge in [0.05, 0.1) is 35.1 Å². The van der Waals surface area contributed by atoms with E-state index in [-0.39, 0.29) is 17.5 Å². The second kappa shape index (κ2) is 10.0. The van der Waals surface area contributed by atoms with Crippen molar-refractivity contribution in [1.82, 2.24) is 4.90 Å². The molecule has 2 saturated heterocycles. The van der Waals surface area contributed by atoms with E-state index in [1.165, 1.54) is 12.0 Å². The lowest BCUT2D eigenvalue weighted by atomic mass is 9.85. The third kappa shape index (κ3) is 4.10. The molecule has 3 heterocycles. The molecule has 0 N–H and O–H groups in total. The zero-order chi connectivity index (χ0) is 28.1. The number of hydrogen-bond donors (Lipinski definition) is 0. The number of carbonyl (C=O) groups is 4. The molecule has 8 heteroatoms. The van der Waals surface area contributed by atoms with Crippen molar-refractivity contribution in [2.75, 3.05) is 12.0 Å². The Morgan fingerprint density at radius 2 is 1.57 bits per heavy atom. The number of imide groups is 1. The number of carbonyl (C=O) groups excluding carboxylic acids is 4. The van der Waals surface area contributed by atoms with Crippen molar-refractivity contribution in [3.63, 3.8) is 0 Å². The van der Waals surface area contributed by atoms with Crippen molar-refractivity contribution in [1.29, 1.82) is 0 Å². The van der Waals surface area contributed by atoms with Crippen LogP contribution in [0.25, 0.3) is 0 Å². The van der Waals surface area contributed by atoms with Gasteiger partial charge < -0.3 is 9.64 Å². The van der Waals surface area contributed by atoms with Gasteiger partial charge in [-0.2, -0.15) is 0 Å². The van der Waals surface area contributed by atoms with E-state index < -0.39 is 29.8 Å². The molecule has 3 aliphatic rings. The van der Waals surface area contributed by atoms with Crippen molar-refractivity contribution >= 4 is 45.0 Å². The Hall–Kier alpha value is -4.30. The van der Waals surface area contributed by atoms with Gasteiger partial charge >= 0.3 is 0 Å². The van der Waals surface area contributed by atoms with Gasteiger partial charge in [0.1, 0.15) is 11.8 Å². The number of Topliss-reactive ketones (excluding diaryl/α,β-unsaturated/α-hetero) is 2. The summed E-state index contributed by atoms with van der Waals surface area (Å²) < 4.78 is 5.91. The molecule has 4 atom stereocenters. The van der Waals surface area contributed by atoms with Crippen LogP contribution in [0.1, 0.15) is 26.3 Å². The standard InChI is InChI=1S/C32H25BrN2O5/c1-18-8-11-22(12-9-18)35-31(38)26-24-17-21(29(36)19-6-4-3-5-7-19)14-15-34(24)28(27(26)32(35)39)30(37)20-10-13-25(40-2)23(33)16-20/h3-17,24,26-28H,1-2H3/t24-,26+,27+,28-/m0/s1. The van der Waals surface area contributed by atoms with Crippen LogP contribution in [0.5, 0.6) is 5.75 Å². The molecule has 3 aliphatic heterocycles. The highest BCUT2D eigenvalue weighted by Crippen LogP contribution is 2.47. The lowest BCUT2D eigenvalue weighted by Crippen LogP contribution is -2.46. The monoisotopic (exact) mass is 596 g/mol. The highest BCUT2D eigenvalue weighted by atomic mass is 79.9. The lowest BCUT2D eigenvalue weighted by molar-refractivity contribution is -0.123. The van der Waals surface area contributed by atoms with E-state index in [4.69, 9.17) is 4.74 Å². The first-order valence-corrected chi connectivity index (χ1v) is 13.7. The van der Waals surface area contributed by atoms with Crippen LogP contribution >= 0.6 is 15.9 Å². The smallest absolute Gasteiger partial charge is 0.240 e. The van der Waals surface area contributed by atoms with E-state index in [1.807, 2.05) is 25.1 Å². The molecule has 0 spiro atoms. The molecule has 40 heavy (non-hydrogen) atoms. The van der Waals surface area contributed by atoms with Gasteiger partial charge in [-0.15, -0.1) is 0 Å². The van der Waals surface area contributed by atoms with Gasteiger partial charge in [0.25, 0.3) is 0 Å². The van der Waals surface area contributed by atoms with Gasteiger partial charge in [0.15, 0.2) is 11.6 Å². The highest BCUT2D eigenvalue weighted by molar-refractivity contribution is 9.10. The van der Waals surface area contributed by atoms with Gasteiger partial charge in [-0.05, 0) is 59.3 Å². The van der Waals surface area contributed by atoms with Crippen LogP contribution in [0.3, 0.4) is 0 Å². The number of nitrogens with zero attached hydrogens (tertiary/aromatic N) is 2. The van der Waals surface area contributed by atoms with E-state index in [0.717, 1.165) is 5.56 Å². The summed E-state index contributed by atoms with van der Waals surface area (Å²) in [5.41, 5.74) is 2.79. The molecule has 2 amide bonds. The zero-order valence-corrected chi connectivity index (χ0v) is 23.4. The van der Waals surface area contributed by atoms with Crippen LogP contribution in [-0.4, -0.2) is 47.5 Å². The minimum atomic E-state index is -0.928. The Kier molecular flexibility index (Phi) is 6.50. The summed E-state index contributed by atoms with van der Waals surface area (Å²) in [6.45, 7) is 1.93. The Morgan fingerprint density at radius 3 is 2.25 bits per heavy atom. The predicted molar refractivity (Wildman–Crippen MR) is 153 cm³/mol. The first-order chi connectivity index (χ1) is 19.3. The summed E-state index contributed by atoms with van der Waals surface area (Å²) in [4.78, 5) is 58.2. The van der Waals surface area contributed by atoms with Crippen molar-refractivity contribution in [2.45, 2.75) is 19.0 Å². The zero-order valence-electron chi connectivity index (χ0n) is 21.8. The molecule has 7 nitrogen and oxygen atoms in total. The summed E-state index contributed by atoms with van der Waals surface area (Å²) in [7, 11) is 1.54. The van der Waals surface area contributed by atoms with Gasteiger partial charge in [-0.25, -0.2) is 4.90 Å². The minimum absolute atomic E-state index is 0.186. The predicted octanol–water partition coefficient (Wildman–Crippen LogP) is 5.14. The second-order valence-electron chi connectivity index (χ2n) is 10.1. The van der Waals surface area contributed by atoms with E-state index >= 15 is 0 Å². The number of benzene rings is 3. The third-order valence-electron chi connectivity index (χ3n) is 7.84. The lowest BCUT2D eigenvalue weighted by Gasteiger charge is -2.33. The van der Waals surface area contributed by atoms with Crippen molar-refractivity contribution in [2.24, 2.45) is 11.8 Å². The molecule has 0 saturated carbocycles. The fourth-order valence-corrected chi connectivity index (χ4v) is 6.43. The molecule has 0 aromatic heterocycles. The van der Waals surface area contributed by atoms with Crippen molar-refractivity contribution in [3.05, 3.63) is 118 Å². The number of rotatable bonds is 6. The summed E-state index contributed by atoms with van der Waals surface area (Å²) >= 11 is 3.44. The topological polar surface area (TPSA) is 84.0 Å². The van der Waals surface area contributed by atoms with Crippen LogP contribution in [0.2, 0.25) is 0 Å². The number of hydrogen-bond acceptors (Lipinski definition) is 6. The van der Waals surface area contributed by atoms with Gasteiger partial charge in [-0.1, -0.05) is 54.1 Å². The van der Waals surface area contributed by atoms with Gasteiger partial charge in [0, 0.05) is 22.9 Å². The number of methoxy groups -OCH3 is 1. The first kappa shape index (κ1) is 26.0. The second-order valence-corrected chi connectivity index (χ2v) is 11.0. The molecule has 0 bridgehead atoms. The maximum Gasteiger partial charge on any atom is 0.240 e. The Labute approximate surface area is 239 Å². The van der Waals surface area contributed by atoms with E-state index in [0.29, 0.717) is 32.6 Å². The molecular formula is C32H25BrN2O5. The van der Waals surface area contributed by atoms with E-state index in [2.05, 4.69) is 15.9 Å². The van der Waals surface area contributed by atoms with Crippen molar-refractivity contribution < 1.29 is 23.9 Å². The number of ketones is 2. The molecular weight excluding hydrogens is 572 g/mol. The quantitative estimate of drug-likeness (QED) is 0.289. The summed E-state index contributed by atoms with van der Waals surface area (Å²) in [6, 6.07) is 19.5. The number of halogens is 1. The Bertz CT molecular complexity index is 1610. The summed E-state index contributed by atoms with van der Waals surface area (Å²) in [6.07, 6.45) is 5.06. The SMILES string of the molecule is COc1ccc(C(=O)[C@@H]2[C@@H]3C(=O)N(c4ccc(C)cc4)C(=O)[C@@H]3[C@@H]3C=C(C(=O)c4ccccc4)C=CN23)cc1Br. The normalized spacial score (nSPS) is 23.1. The first-order valence-electron chi connectivity index (χ1n) is 12.9. The van der Waals surface area contributed by atoms with E-state index in [1.54, 1.807) is 77.8 Å². The average Bonchev–Trinajstić information content (AvgIpc) is 3.44. The minimum Gasteiger partial charge on any atom is -0.496 e. The van der Waals surface area contributed by atoms with E-state index in [9.17, 15) is 19.2 Å². The summed E-state index contributed by atoms with van der Waals surface area (Å²) in [5.74, 6) is -2.44. The van der Waals surface area contributed by atoms with Gasteiger partial charge in [-0.3, -0.25) is 19.2 Å². The molecule has 2 fully saturated rings. The number of ether oxygens (including phenoxy) is 1. The third-order valence-corrected chi connectivity index (χ3v) is 8.46. The molecule has 200 valence electrons. The maximum atomic E-state index is 14.1. The van der Waals surface area contributed by atoms with Crippen LogP contribution in [0.15, 0.2) is 101 Å². The van der Waals surface area contributed by atoms with Crippen LogP contribution < -0.4 is 9.64 Å². The molecule has 3 aromatic rings. The Morgan fingerprint density at radius 1 is 0.875 bits per heavy atom. The van der Waals surface area contributed by atoms with Crippen LogP contribution in [0.4, 0.5) is 5.69 Å². The number of fused-ring (bicyclic) bond motifs is 3. The number of amides is 2. The van der Waals surface area contributed by atoms with Crippen molar-refractivity contribution in [3.8, 4) is 5.75 Å². The molecule has 3 aromatic carbocycles. The van der Waals surface area contributed by atoms with Crippen LogP contribution in [-0.2, 0) is 9.59 Å². The fraction of sp³-hybridized carbons (Fsp3) is 0.188.